The molecule has 0 saturated heterocycles. The molecule has 0 unspecified atom stereocenters. The number of carboxylic acid groups (broad SMARTS) is 1. The lowest BCUT2D eigenvalue weighted by molar-refractivity contribution is -0.141. The summed E-state index contributed by atoms with van der Waals surface area (Å²) in [5.41, 5.74) is 0. The van der Waals surface area contributed by atoms with Gasteiger partial charge in [0.2, 0.25) is 5.09 Å². The molecule has 0 radical (unpaired) electrons. The predicted molar refractivity (Wildman–Crippen MR) is 75.8 cm³/mol. The van der Waals surface area contributed by atoms with Crippen molar-refractivity contribution in [2.75, 3.05) is 14.1 Å². The molecule has 0 spiro atoms. The predicted octanol–water partition coefficient (Wildman–Crippen LogP) is 0.513. The maximum atomic E-state index is 12.0. The Balaban J connectivity index is 2.03. The van der Waals surface area contributed by atoms with E-state index in [0.29, 0.717) is 19.3 Å². The fourth-order valence-electron chi connectivity index (χ4n) is 2.35. The summed E-state index contributed by atoms with van der Waals surface area (Å²) < 4.78 is 29.8. The highest BCUT2D eigenvalue weighted by molar-refractivity contribution is 7.88. The Morgan fingerprint density at radius 1 is 1.32 bits per heavy atom. The smallest absolute Gasteiger partial charge is 0.306 e. The second-order valence-corrected chi connectivity index (χ2v) is 7.51. The van der Waals surface area contributed by atoms with Gasteiger partial charge in [0, 0.05) is 20.1 Å². The van der Waals surface area contributed by atoms with E-state index in [1.165, 1.54) is 26.2 Å². The van der Waals surface area contributed by atoms with Crippen LogP contribution in [0.2, 0.25) is 0 Å². The van der Waals surface area contributed by atoms with Gasteiger partial charge in [-0.1, -0.05) is 0 Å². The minimum Gasteiger partial charge on any atom is -0.481 e. The lowest BCUT2D eigenvalue weighted by atomic mass is 10.1. The monoisotopic (exact) mass is 330 g/mol. The number of carboxylic acids is 1. The Morgan fingerprint density at radius 3 is 2.55 bits per heavy atom. The summed E-state index contributed by atoms with van der Waals surface area (Å²) in [5.74, 6) is -1.98. The molecule has 2 atom stereocenters. The summed E-state index contributed by atoms with van der Waals surface area (Å²) in [6.45, 7) is 0. The maximum Gasteiger partial charge on any atom is 0.306 e. The van der Waals surface area contributed by atoms with E-state index in [-0.39, 0.29) is 16.9 Å². The van der Waals surface area contributed by atoms with Gasteiger partial charge in [0.05, 0.1) is 5.92 Å². The van der Waals surface area contributed by atoms with Crippen LogP contribution >= 0.6 is 0 Å². The van der Waals surface area contributed by atoms with Crippen molar-refractivity contribution in [1.29, 1.82) is 0 Å². The minimum absolute atomic E-state index is 0.112. The van der Waals surface area contributed by atoms with Gasteiger partial charge in [0.1, 0.15) is 0 Å². The van der Waals surface area contributed by atoms with Crippen molar-refractivity contribution < 1.29 is 27.5 Å². The van der Waals surface area contributed by atoms with Crippen molar-refractivity contribution in [3.05, 3.63) is 17.9 Å². The Labute approximate surface area is 128 Å². The Hall–Kier alpha value is -1.87. The second kappa shape index (κ2) is 6.09. The van der Waals surface area contributed by atoms with Crippen molar-refractivity contribution in [2.45, 2.75) is 30.4 Å². The third-order valence-corrected chi connectivity index (χ3v) is 5.35. The number of nitrogens with zero attached hydrogens (tertiary/aromatic N) is 1. The number of sulfonamides is 1. The van der Waals surface area contributed by atoms with E-state index in [4.69, 9.17) is 9.52 Å². The van der Waals surface area contributed by atoms with Crippen LogP contribution in [0.15, 0.2) is 21.6 Å². The van der Waals surface area contributed by atoms with Crippen LogP contribution in [0.5, 0.6) is 0 Å². The van der Waals surface area contributed by atoms with Crippen LogP contribution in [0.4, 0.5) is 0 Å². The standard InChI is InChI=1S/C13H18N2O6S/c1-15(2)22(19,20)11-6-5-10(21-11)12(16)14-9-4-3-8(7-9)13(17)18/h5-6,8-9H,3-4,7H2,1-2H3,(H,14,16)(H,17,18)/t8-,9+/m1/s1. The number of rotatable bonds is 5. The van der Waals surface area contributed by atoms with E-state index in [2.05, 4.69) is 5.32 Å². The first kappa shape index (κ1) is 16.5. The van der Waals surface area contributed by atoms with E-state index in [1.54, 1.807) is 0 Å². The zero-order valence-corrected chi connectivity index (χ0v) is 13.1. The summed E-state index contributed by atoms with van der Waals surface area (Å²) in [6, 6.07) is 2.27. The van der Waals surface area contributed by atoms with E-state index in [0.717, 1.165) is 4.31 Å². The van der Waals surface area contributed by atoms with Gasteiger partial charge >= 0.3 is 5.97 Å². The highest BCUT2D eigenvalue weighted by Gasteiger charge is 2.31. The molecule has 1 fully saturated rings. The molecule has 9 heteroatoms. The zero-order chi connectivity index (χ0) is 16.5. The molecule has 0 aliphatic heterocycles. The summed E-state index contributed by atoms with van der Waals surface area (Å²) >= 11 is 0. The molecule has 122 valence electrons. The number of amides is 1. The highest BCUT2D eigenvalue weighted by atomic mass is 32.2. The van der Waals surface area contributed by atoms with Gasteiger partial charge in [0.25, 0.3) is 15.9 Å². The van der Waals surface area contributed by atoms with E-state index in [9.17, 15) is 18.0 Å². The van der Waals surface area contributed by atoms with Gasteiger partial charge in [-0.25, -0.2) is 12.7 Å². The molecule has 2 rings (SSSR count). The first-order valence-corrected chi connectivity index (χ1v) is 8.22. The van der Waals surface area contributed by atoms with Crippen LogP contribution in [-0.4, -0.2) is 49.8 Å². The maximum absolute atomic E-state index is 12.0. The lowest BCUT2D eigenvalue weighted by Crippen LogP contribution is -2.33. The number of carbonyl (C=O) groups is 2. The van der Waals surface area contributed by atoms with Crippen LogP contribution in [0.3, 0.4) is 0 Å². The number of aliphatic carboxylic acids is 1. The van der Waals surface area contributed by atoms with Gasteiger partial charge in [-0.3, -0.25) is 9.59 Å². The first-order chi connectivity index (χ1) is 10.2. The largest absolute Gasteiger partial charge is 0.481 e. The third kappa shape index (κ3) is 3.30. The van der Waals surface area contributed by atoms with Crippen LogP contribution in [0.25, 0.3) is 0 Å². The molecule has 1 aromatic rings. The fraction of sp³-hybridized carbons (Fsp3) is 0.538. The molecular weight excluding hydrogens is 312 g/mol. The summed E-state index contributed by atoms with van der Waals surface area (Å²) in [4.78, 5) is 22.9. The lowest BCUT2D eigenvalue weighted by Gasteiger charge is -2.11. The van der Waals surface area contributed by atoms with Crippen molar-refractivity contribution in [2.24, 2.45) is 5.92 Å². The minimum atomic E-state index is -3.73. The molecule has 1 heterocycles. The molecule has 0 aromatic carbocycles. The normalized spacial score (nSPS) is 22.0. The molecule has 2 N–H and O–H groups in total. The first-order valence-electron chi connectivity index (χ1n) is 6.78. The average Bonchev–Trinajstić information content (AvgIpc) is 3.07. The molecular formula is C13H18N2O6S. The molecule has 1 amide bonds. The third-order valence-electron chi connectivity index (χ3n) is 3.66. The number of hydrogen-bond donors (Lipinski definition) is 2. The van der Waals surface area contributed by atoms with Gasteiger partial charge in [-0.15, -0.1) is 0 Å². The molecule has 22 heavy (non-hydrogen) atoms. The summed E-state index contributed by atoms with van der Waals surface area (Å²) in [5, 5.41) is 11.3. The Kier molecular flexibility index (Phi) is 4.57. The van der Waals surface area contributed by atoms with Gasteiger partial charge in [-0.2, -0.15) is 0 Å². The van der Waals surface area contributed by atoms with Crippen molar-refractivity contribution in [3.63, 3.8) is 0 Å². The number of carbonyl (C=O) groups excluding carboxylic acids is 1. The molecule has 1 aliphatic carbocycles. The van der Waals surface area contributed by atoms with E-state index in [1.807, 2.05) is 0 Å². The van der Waals surface area contributed by atoms with Crippen LogP contribution in [0.1, 0.15) is 29.8 Å². The number of nitrogens with one attached hydrogen (secondary N) is 1. The Morgan fingerprint density at radius 2 is 2.00 bits per heavy atom. The quantitative estimate of drug-likeness (QED) is 0.812. The van der Waals surface area contributed by atoms with Crippen molar-refractivity contribution in [3.8, 4) is 0 Å². The number of furan rings is 1. The average molecular weight is 330 g/mol. The van der Waals surface area contributed by atoms with Crippen LogP contribution in [0, 0.1) is 5.92 Å². The summed E-state index contributed by atoms with van der Waals surface area (Å²) in [7, 11) is -1.00. The Bertz CT molecular complexity index is 678. The SMILES string of the molecule is CN(C)S(=O)(=O)c1ccc(C(=O)N[C@H]2CC[C@@H](C(=O)O)C2)o1. The highest BCUT2D eigenvalue weighted by Crippen LogP contribution is 2.26. The summed E-state index contributed by atoms with van der Waals surface area (Å²) in [6.07, 6.45) is 1.45. The molecule has 0 bridgehead atoms. The van der Waals surface area contributed by atoms with Gasteiger partial charge in [-0.05, 0) is 31.4 Å². The van der Waals surface area contributed by atoms with E-state index >= 15 is 0 Å². The molecule has 1 aromatic heterocycles. The topological polar surface area (TPSA) is 117 Å². The van der Waals surface area contributed by atoms with Gasteiger partial charge < -0.3 is 14.8 Å². The van der Waals surface area contributed by atoms with E-state index < -0.39 is 27.8 Å². The van der Waals surface area contributed by atoms with Crippen molar-refractivity contribution in [1.82, 2.24) is 9.62 Å². The second-order valence-electron chi connectivity index (χ2n) is 5.42. The molecule has 1 aliphatic rings. The van der Waals surface area contributed by atoms with Crippen LogP contribution < -0.4 is 5.32 Å². The molecule has 8 nitrogen and oxygen atoms in total. The van der Waals surface area contributed by atoms with Gasteiger partial charge in [0.15, 0.2) is 5.76 Å². The van der Waals surface area contributed by atoms with Crippen molar-refractivity contribution >= 4 is 21.9 Å². The zero-order valence-electron chi connectivity index (χ0n) is 12.3. The molecule has 1 saturated carbocycles. The number of hydrogen-bond acceptors (Lipinski definition) is 5. The van der Waals surface area contributed by atoms with Crippen LogP contribution in [-0.2, 0) is 14.8 Å². The fourth-order valence-corrected chi connectivity index (χ4v) is 3.15.